The van der Waals surface area contributed by atoms with Crippen molar-refractivity contribution in [3.05, 3.63) is 57.9 Å². The Morgan fingerprint density at radius 2 is 1.81 bits per heavy atom. The summed E-state index contributed by atoms with van der Waals surface area (Å²) in [6, 6.07) is 6.91. The first kappa shape index (κ1) is 18.6. The molecule has 0 atom stereocenters. The molecule has 2 heterocycles. The van der Waals surface area contributed by atoms with Crippen LogP contribution in [0.1, 0.15) is 28.8 Å². The summed E-state index contributed by atoms with van der Waals surface area (Å²) in [7, 11) is 3.01. The Labute approximate surface area is 156 Å². The number of benzene rings is 1. The molecule has 1 aromatic carbocycles. The molecule has 3 aromatic rings. The lowest BCUT2D eigenvalue weighted by molar-refractivity contribution is 0.0948. The number of nitrogens with one attached hydrogen (secondary N) is 1. The fourth-order valence-corrected chi connectivity index (χ4v) is 2.98. The summed E-state index contributed by atoms with van der Waals surface area (Å²) in [6.07, 6.45) is 1.57. The van der Waals surface area contributed by atoms with Gasteiger partial charge in [-0.15, -0.1) is 0 Å². The summed E-state index contributed by atoms with van der Waals surface area (Å²) in [6.45, 7) is 4.39. The number of rotatable bonds is 6. The van der Waals surface area contributed by atoms with E-state index in [2.05, 4.69) is 5.32 Å². The third-order valence-corrected chi connectivity index (χ3v) is 4.39. The number of carbonyl (C=O) groups is 1. The van der Waals surface area contributed by atoms with Gasteiger partial charge in [0.2, 0.25) is 0 Å². The SMILES string of the molecule is CCn1cc(C(=O)NCc2ccc(C)o2)c2cc(OC)c(OC)cc2c1=O. The van der Waals surface area contributed by atoms with Crippen molar-refractivity contribution in [1.82, 2.24) is 9.88 Å². The Morgan fingerprint density at radius 1 is 1.15 bits per heavy atom. The predicted octanol–water partition coefficient (Wildman–Crippen LogP) is 2.87. The van der Waals surface area contributed by atoms with Crippen molar-refractivity contribution in [3.8, 4) is 11.5 Å². The summed E-state index contributed by atoms with van der Waals surface area (Å²) >= 11 is 0. The van der Waals surface area contributed by atoms with Crippen LogP contribution in [-0.2, 0) is 13.1 Å². The van der Waals surface area contributed by atoms with Crippen LogP contribution in [0.3, 0.4) is 0 Å². The van der Waals surface area contributed by atoms with E-state index in [4.69, 9.17) is 13.9 Å². The number of carbonyl (C=O) groups excluding carboxylic acids is 1. The first-order valence-corrected chi connectivity index (χ1v) is 8.61. The van der Waals surface area contributed by atoms with Gasteiger partial charge in [0.05, 0.1) is 31.7 Å². The van der Waals surface area contributed by atoms with Gasteiger partial charge in [0.25, 0.3) is 11.5 Å². The molecule has 0 aliphatic rings. The number of nitrogens with zero attached hydrogens (tertiary/aromatic N) is 1. The fraction of sp³-hybridized carbons (Fsp3) is 0.300. The van der Waals surface area contributed by atoms with Gasteiger partial charge in [-0.2, -0.15) is 0 Å². The Balaban J connectivity index is 2.08. The average molecular weight is 370 g/mol. The van der Waals surface area contributed by atoms with Gasteiger partial charge in [0, 0.05) is 18.1 Å². The number of amides is 1. The molecule has 1 amide bonds. The summed E-state index contributed by atoms with van der Waals surface area (Å²) < 4.78 is 17.6. The molecule has 0 saturated carbocycles. The minimum Gasteiger partial charge on any atom is -0.493 e. The van der Waals surface area contributed by atoms with Crippen LogP contribution in [0.2, 0.25) is 0 Å². The van der Waals surface area contributed by atoms with Gasteiger partial charge in [0.15, 0.2) is 11.5 Å². The maximum atomic E-state index is 12.8. The molecule has 3 rings (SSSR count). The highest BCUT2D eigenvalue weighted by Crippen LogP contribution is 2.32. The zero-order valence-corrected chi connectivity index (χ0v) is 15.8. The molecule has 0 unspecified atom stereocenters. The van der Waals surface area contributed by atoms with Gasteiger partial charge in [0.1, 0.15) is 11.5 Å². The summed E-state index contributed by atoms with van der Waals surface area (Å²) in [5, 5.41) is 3.75. The van der Waals surface area contributed by atoms with Crippen LogP contribution in [-0.4, -0.2) is 24.7 Å². The standard InChI is InChI=1S/C20H22N2O5/c1-5-22-11-16(19(23)21-10-13-7-6-12(2)27-13)14-8-17(25-3)18(26-4)9-15(14)20(22)24/h6-9,11H,5,10H2,1-4H3,(H,21,23). The lowest BCUT2D eigenvalue weighted by Crippen LogP contribution is -2.27. The smallest absolute Gasteiger partial charge is 0.258 e. The molecule has 0 aliphatic carbocycles. The van der Waals surface area contributed by atoms with Crippen molar-refractivity contribution in [3.63, 3.8) is 0 Å². The molecule has 0 aliphatic heterocycles. The van der Waals surface area contributed by atoms with E-state index in [0.717, 1.165) is 5.76 Å². The van der Waals surface area contributed by atoms with Crippen LogP contribution in [0, 0.1) is 6.92 Å². The average Bonchev–Trinajstić information content (AvgIpc) is 3.10. The minimum absolute atomic E-state index is 0.188. The highest BCUT2D eigenvalue weighted by atomic mass is 16.5. The van der Waals surface area contributed by atoms with Crippen molar-refractivity contribution in [1.29, 1.82) is 0 Å². The van der Waals surface area contributed by atoms with E-state index in [0.29, 0.717) is 40.1 Å². The zero-order chi connectivity index (χ0) is 19.6. The van der Waals surface area contributed by atoms with E-state index in [1.165, 1.54) is 18.8 Å². The molecular weight excluding hydrogens is 348 g/mol. The maximum Gasteiger partial charge on any atom is 0.258 e. The molecule has 7 heteroatoms. The van der Waals surface area contributed by atoms with Crippen LogP contribution in [0.4, 0.5) is 0 Å². The van der Waals surface area contributed by atoms with E-state index in [1.54, 1.807) is 18.3 Å². The molecule has 0 fully saturated rings. The number of aromatic nitrogens is 1. The van der Waals surface area contributed by atoms with Crippen LogP contribution < -0.4 is 20.3 Å². The van der Waals surface area contributed by atoms with Crippen molar-refractivity contribution < 1.29 is 18.7 Å². The van der Waals surface area contributed by atoms with Gasteiger partial charge in [-0.3, -0.25) is 9.59 Å². The monoisotopic (exact) mass is 370 g/mol. The fourth-order valence-electron chi connectivity index (χ4n) is 2.98. The number of ether oxygens (including phenoxy) is 2. The number of methoxy groups -OCH3 is 2. The molecular formula is C20H22N2O5. The van der Waals surface area contributed by atoms with Crippen LogP contribution in [0.5, 0.6) is 11.5 Å². The number of hydrogen-bond acceptors (Lipinski definition) is 5. The Kier molecular flexibility index (Phi) is 5.21. The topological polar surface area (TPSA) is 82.7 Å². The highest BCUT2D eigenvalue weighted by Gasteiger charge is 2.18. The molecule has 0 bridgehead atoms. The van der Waals surface area contributed by atoms with Crippen molar-refractivity contribution >= 4 is 16.7 Å². The summed E-state index contributed by atoms with van der Waals surface area (Å²) in [4.78, 5) is 25.5. The maximum absolute atomic E-state index is 12.8. The molecule has 1 N–H and O–H groups in total. The van der Waals surface area contributed by atoms with Gasteiger partial charge >= 0.3 is 0 Å². The largest absolute Gasteiger partial charge is 0.493 e. The van der Waals surface area contributed by atoms with Crippen LogP contribution >= 0.6 is 0 Å². The van der Waals surface area contributed by atoms with E-state index < -0.39 is 0 Å². The highest BCUT2D eigenvalue weighted by molar-refractivity contribution is 6.07. The van der Waals surface area contributed by atoms with Gasteiger partial charge in [-0.25, -0.2) is 0 Å². The van der Waals surface area contributed by atoms with Gasteiger partial charge < -0.3 is 23.8 Å². The number of pyridine rings is 1. The molecule has 27 heavy (non-hydrogen) atoms. The second-order valence-electron chi connectivity index (χ2n) is 6.08. The second kappa shape index (κ2) is 7.57. The van der Waals surface area contributed by atoms with E-state index in [9.17, 15) is 9.59 Å². The molecule has 142 valence electrons. The summed E-state index contributed by atoms with van der Waals surface area (Å²) in [5.74, 6) is 2.03. The van der Waals surface area contributed by atoms with Crippen LogP contribution in [0.15, 0.2) is 39.7 Å². The first-order valence-electron chi connectivity index (χ1n) is 8.61. The van der Waals surface area contributed by atoms with Gasteiger partial charge in [-0.05, 0) is 38.1 Å². The Morgan fingerprint density at radius 3 is 2.37 bits per heavy atom. The third kappa shape index (κ3) is 3.53. The quantitative estimate of drug-likeness (QED) is 0.721. The normalized spacial score (nSPS) is 10.8. The van der Waals surface area contributed by atoms with Crippen LogP contribution in [0.25, 0.3) is 10.8 Å². The van der Waals surface area contributed by atoms with Crippen molar-refractivity contribution in [2.24, 2.45) is 0 Å². The number of furan rings is 1. The van der Waals surface area contributed by atoms with Crippen molar-refractivity contribution in [2.45, 2.75) is 26.9 Å². The zero-order valence-electron chi connectivity index (χ0n) is 15.8. The Bertz CT molecular complexity index is 1050. The van der Waals surface area contributed by atoms with E-state index in [1.807, 2.05) is 26.0 Å². The lowest BCUT2D eigenvalue weighted by atomic mass is 10.1. The summed E-state index contributed by atoms with van der Waals surface area (Å²) in [5.41, 5.74) is 0.197. The molecule has 0 spiro atoms. The van der Waals surface area contributed by atoms with Crippen molar-refractivity contribution in [2.75, 3.05) is 14.2 Å². The third-order valence-electron chi connectivity index (χ3n) is 4.39. The van der Waals surface area contributed by atoms with E-state index >= 15 is 0 Å². The van der Waals surface area contributed by atoms with Gasteiger partial charge in [-0.1, -0.05) is 0 Å². The molecule has 2 aromatic heterocycles. The lowest BCUT2D eigenvalue weighted by Gasteiger charge is -2.14. The first-order chi connectivity index (χ1) is 13.0. The number of hydrogen-bond donors (Lipinski definition) is 1. The number of fused-ring (bicyclic) bond motifs is 1. The molecule has 0 saturated heterocycles. The minimum atomic E-state index is -0.302. The predicted molar refractivity (Wildman–Crippen MR) is 102 cm³/mol. The Hall–Kier alpha value is -3.22. The van der Waals surface area contributed by atoms with E-state index in [-0.39, 0.29) is 18.0 Å². The molecule has 0 radical (unpaired) electrons. The molecule has 7 nitrogen and oxygen atoms in total. The second-order valence-corrected chi connectivity index (χ2v) is 6.08. The number of aryl methyl sites for hydroxylation is 2.